The van der Waals surface area contributed by atoms with Gasteiger partial charge in [-0.1, -0.05) is 24.3 Å². The topological polar surface area (TPSA) is 59.3 Å². The molecule has 1 heterocycles. The zero-order chi connectivity index (χ0) is 16.7. The van der Waals surface area contributed by atoms with Crippen LogP contribution >= 0.6 is 0 Å². The summed E-state index contributed by atoms with van der Waals surface area (Å²) in [4.78, 5) is 0. The second-order valence-electron chi connectivity index (χ2n) is 6.74. The summed E-state index contributed by atoms with van der Waals surface area (Å²) in [6.07, 6.45) is 1.26. The zero-order valence-electron chi connectivity index (χ0n) is 13.6. The fourth-order valence-electron chi connectivity index (χ4n) is 2.93. The molecule has 122 valence electrons. The first-order chi connectivity index (χ1) is 10.7. The molecule has 0 bridgehead atoms. The van der Waals surface area contributed by atoms with E-state index in [1.54, 1.807) is 0 Å². The van der Waals surface area contributed by atoms with Crippen LogP contribution in [0.1, 0.15) is 19.4 Å². The SMILES string of the molecule is CC(C)(CS(C)(=O)=O)NCc1ccc2oc3ccccc3c2c1. The molecule has 0 fully saturated rings. The van der Waals surface area contributed by atoms with Gasteiger partial charge in [0.25, 0.3) is 0 Å². The molecule has 0 unspecified atom stereocenters. The van der Waals surface area contributed by atoms with E-state index in [-0.39, 0.29) is 5.75 Å². The smallest absolute Gasteiger partial charge is 0.149 e. The number of hydrogen-bond acceptors (Lipinski definition) is 4. The maximum absolute atomic E-state index is 11.5. The van der Waals surface area contributed by atoms with Crippen LogP contribution in [0.25, 0.3) is 21.9 Å². The first kappa shape index (κ1) is 16.0. The summed E-state index contributed by atoms with van der Waals surface area (Å²) in [6, 6.07) is 14.0. The largest absolute Gasteiger partial charge is 0.456 e. The van der Waals surface area contributed by atoms with Crippen LogP contribution in [0.15, 0.2) is 46.9 Å². The van der Waals surface area contributed by atoms with Crippen molar-refractivity contribution in [2.75, 3.05) is 12.0 Å². The molecule has 0 radical (unpaired) electrons. The minimum absolute atomic E-state index is 0.108. The van der Waals surface area contributed by atoms with Crippen molar-refractivity contribution < 1.29 is 12.8 Å². The number of furan rings is 1. The van der Waals surface area contributed by atoms with Crippen molar-refractivity contribution >= 4 is 31.8 Å². The fourth-order valence-corrected chi connectivity index (χ4v) is 4.34. The maximum Gasteiger partial charge on any atom is 0.149 e. The van der Waals surface area contributed by atoms with E-state index in [2.05, 4.69) is 11.4 Å². The lowest BCUT2D eigenvalue weighted by Gasteiger charge is -2.25. The lowest BCUT2D eigenvalue weighted by Crippen LogP contribution is -2.44. The Bertz CT molecular complexity index is 955. The summed E-state index contributed by atoms with van der Waals surface area (Å²) in [5.74, 6) is 0.108. The van der Waals surface area contributed by atoms with Crippen LogP contribution in [0.5, 0.6) is 0 Å². The van der Waals surface area contributed by atoms with Crippen LogP contribution in [0.4, 0.5) is 0 Å². The molecule has 4 nitrogen and oxygen atoms in total. The minimum Gasteiger partial charge on any atom is -0.456 e. The van der Waals surface area contributed by atoms with E-state index < -0.39 is 15.4 Å². The molecule has 3 rings (SSSR count). The maximum atomic E-state index is 11.5. The van der Waals surface area contributed by atoms with Gasteiger partial charge >= 0.3 is 0 Å². The molecule has 5 heteroatoms. The summed E-state index contributed by atoms with van der Waals surface area (Å²) in [5, 5.41) is 5.51. The normalized spacial score (nSPS) is 13.0. The van der Waals surface area contributed by atoms with E-state index >= 15 is 0 Å². The lowest BCUT2D eigenvalue weighted by atomic mass is 10.1. The first-order valence-corrected chi connectivity index (χ1v) is 9.63. The van der Waals surface area contributed by atoms with Crippen molar-refractivity contribution in [3.63, 3.8) is 0 Å². The molecule has 3 aromatic rings. The van der Waals surface area contributed by atoms with Gasteiger partial charge in [0.1, 0.15) is 21.0 Å². The molecule has 0 aliphatic heterocycles. The van der Waals surface area contributed by atoms with Gasteiger partial charge in [-0.05, 0) is 37.6 Å². The summed E-state index contributed by atoms with van der Waals surface area (Å²) < 4.78 is 28.8. The first-order valence-electron chi connectivity index (χ1n) is 7.56. The lowest BCUT2D eigenvalue weighted by molar-refractivity contribution is 0.423. The van der Waals surface area contributed by atoms with Gasteiger partial charge in [0.15, 0.2) is 0 Å². The highest BCUT2D eigenvalue weighted by atomic mass is 32.2. The summed E-state index contributed by atoms with van der Waals surface area (Å²) in [5.41, 5.74) is 2.38. The molecule has 0 aliphatic rings. The number of rotatable bonds is 5. The molecule has 23 heavy (non-hydrogen) atoms. The average molecular weight is 331 g/mol. The predicted molar refractivity (Wildman–Crippen MR) is 94.3 cm³/mol. The molecule has 2 aromatic carbocycles. The van der Waals surface area contributed by atoms with Crippen LogP contribution in [-0.4, -0.2) is 26.0 Å². The van der Waals surface area contributed by atoms with Crippen molar-refractivity contribution in [1.29, 1.82) is 0 Å². The second kappa shape index (κ2) is 5.65. The van der Waals surface area contributed by atoms with Crippen LogP contribution < -0.4 is 5.32 Å². The van der Waals surface area contributed by atoms with Crippen molar-refractivity contribution in [3.05, 3.63) is 48.0 Å². The quantitative estimate of drug-likeness (QED) is 0.777. The minimum atomic E-state index is -3.02. The monoisotopic (exact) mass is 331 g/mol. The third-order valence-corrected chi connectivity index (χ3v) is 5.08. The molecule has 0 amide bonds. The van der Waals surface area contributed by atoms with Crippen LogP contribution in [0, 0.1) is 0 Å². The molecule has 0 saturated heterocycles. The Hall–Kier alpha value is -1.85. The fraction of sp³-hybridized carbons (Fsp3) is 0.333. The standard InChI is InChI=1S/C18H21NO3S/c1-18(2,12-23(3,20)21)19-11-13-8-9-17-15(10-13)14-6-4-5-7-16(14)22-17/h4-10,19H,11-12H2,1-3H3. The van der Waals surface area contributed by atoms with Crippen molar-refractivity contribution in [2.45, 2.75) is 25.9 Å². The Morgan fingerprint density at radius 2 is 1.74 bits per heavy atom. The number of fused-ring (bicyclic) bond motifs is 3. The van der Waals surface area contributed by atoms with E-state index in [0.717, 1.165) is 27.5 Å². The summed E-state index contributed by atoms with van der Waals surface area (Å²) >= 11 is 0. The van der Waals surface area contributed by atoms with E-state index in [4.69, 9.17) is 4.42 Å². The van der Waals surface area contributed by atoms with Crippen LogP contribution in [0.3, 0.4) is 0 Å². The molecule has 0 atom stereocenters. The van der Waals surface area contributed by atoms with Crippen LogP contribution in [0.2, 0.25) is 0 Å². The van der Waals surface area contributed by atoms with Crippen molar-refractivity contribution in [2.24, 2.45) is 0 Å². The number of hydrogen-bond donors (Lipinski definition) is 1. The highest BCUT2D eigenvalue weighted by molar-refractivity contribution is 7.90. The summed E-state index contributed by atoms with van der Waals surface area (Å²) in [7, 11) is -3.02. The Morgan fingerprint density at radius 3 is 2.48 bits per heavy atom. The number of sulfone groups is 1. The van der Waals surface area contributed by atoms with E-state index in [0.29, 0.717) is 6.54 Å². The van der Waals surface area contributed by atoms with Gasteiger partial charge in [0, 0.05) is 29.1 Å². The molecular formula is C18H21NO3S. The Labute approximate surface area is 136 Å². The highest BCUT2D eigenvalue weighted by Gasteiger charge is 2.22. The second-order valence-corrected chi connectivity index (χ2v) is 8.88. The van der Waals surface area contributed by atoms with E-state index in [1.807, 2.05) is 50.2 Å². The van der Waals surface area contributed by atoms with Crippen molar-refractivity contribution in [1.82, 2.24) is 5.32 Å². The van der Waals surface area contributed by atoms with Gasteiger partial charge in [-0.2, -0.15) is 0 Å². The van der Waals surface area contributed by atoms with Gasteiger partial charge in [-0.25, -0.2) is 8.42 Å². The van der Waals surface area contributed by atoms with Gasteiger partial charge < -0.3 is 9.73 Å². The van der Waals surface area contributed by atoms with Crippen molar-refractivity contribution in [3.8, 4) is 0 Å². The highest BCUT2D eigenvalue weighted by Crippen LogP contribution is 2.29. The third-order valence-electron chi connectivity index (χ3n) is 3.84. The summed E-state index contributed by atoms with van der Waals surface area (Å²) in [6.45, 7) is 4.41. The van der Waals surface area contributed by atoms with Gasteiger partial charge in [-0.3, -0.25) is 0 Å². The molecule has 1 N–H and O–H groups in total. The van der Waals surface area contributed by atoms with E-state index in [1.165, 1.54) is 6.26 Å². The molecule has 0 spiro atoms. The van der Waals surface area contributed by atoms with Gasteiger partial charge in [0.2, 0.25) is 0 Å². The number of para-hydroxylation sites is 1. The third kappa shape index (κ3) is 3.74. The van der Waals surface area contributed by atoms with Gasteiger partial charge in [-0.15, -0.1) is 0 Å². The Kier molecular flexibility index (Phi) is 3.94. The zero-order valence-corrected chi connectivity index (χ0v) is 14.4. The molecule has 0 aliphatic carbocycles. The average Bonchev–Trinajstić information content (AvgIpc) is 2.80. The molecule has 1 aromatic heterocycles. The van der Waals surface area contributed by atoms with Gasteiger partial charge in [0.05, 0.1) is 5.75 Å². The molecular weight excluding hydrogens is 310 g/mol. The Morgan fingerprint density at radius 1 is 1.04 bits per heavy atom. The number of benzene rings is 2. The van der Waals surface area contributed by atoms with E-state index in [9.17, 15) is 8.42 Å². The predicted octanol–water partition coefficient (Wildman–Crippen LogP) is 3.50. The van der Waals surface area contributed by atoms with Crippen LogP contribution in [-0.2, 0) is 16.4 Å². The Balaban J connectivity index is 1.85. The molecule has 0 saturated carbocycles. The number of nitrogens with one attached hydrogen (secondary N) is 1.